The highest BCUT2D eigenvalue weighted by molar-refractivity contribution is 9.10. The second kappa shape index (κ2) is 4.62. The van der Waals surface area contributed by atoms with E-state index in [1.165, 1.54) is 0 Å². The molecule has 0 saturated heterocycles. The zero-order valence-corrected chi connectivity index (χ0v) is 11.5. The lowest BCUT2D eigenvalue weighted by molar-refractivity contribution is 0.606. The van der Waals surface area contributed by atoms with Gasteiger partial charge in [-0.25, -0.2) is 8.42 Å². The van der Waals surface area contributed by atoms with Crippen molar-refractivity contribution in [2.45, 2.75) is 6.92 Å². The maximum atomic E-state index is 11.5. The van der Waals surface area contributed by atoms with E-state index in [0.717, 1.165) is 16.5 Å². The van der Waals surface area contributed by atoms with Gasteiger partial charge in [-0.15, -0.1) is 0 Å². The molecule has 1 aromatic heterocycles. The fraction of sp³-hybridized carbons (Fsp3) is 0.182. The van der Waals surface area contributed by atoms with Crippen LogP contribution in [0.2, 0.25) is 0 Å². The zero-order chi connectivity index (χ0) is 12.5. The van der Waals surface area contributed by atoms with E-state index in [2.05, 4.69) is 25.6 Å². The number of hydrogen-bond acceptors (Lipinski definition) is 3. The first-order valence-electron chi connectivity index (χ1n) is 4.94. The van der Waals surface area contributed by atoms with Crippen molar-refractivity contribution in [3.63, 3.8) is 0 Å². The summed E-state index contributed by atoms with van der Waals surface area (Å²) in [7, 11) is -3.34. The predicted octanol–water partition coefficient (Wildman–Crippen LogP) is 2.64. The van der Waals surface area contributed by atoms with E-state index >= 15 is 0 Å². The van der Waals surface area contributed by atoms with Crippen LogP contribution in [-0.2, 0) is 10.0 Å². The third kappa shape index (κ3) is 2.58. The smallest absolute Gasteiger partial charge is 0.242 e. The van der Waals surface area contributed by atoms with Crippen molar-refractivity contribution in [2.75, 3.05) is 9.38 Å². The molecule has 0 amide bonds. The molecule has 0 unspecified atom stereocenters. The fourth-order valence-electron chi connectivity index (χ4n) is 1.60. The number of pyridine rings is 1. The number of nitrogens with one attached hydrogen (secondary N) is 1. The van der Waals surface area contributed by atoms with Gasteiger partial charge >= 0.3 is 0 Å². The van der Waals surface area contributed by atoms with E-state index in [-0.39, 0.29) is 4.66 Å². The Morgan fingerprint density at radius 2 is 2.12 bits per heavy atom. The number of hydrogen-bond donors (Lipinski definition) is 1. The minimum absolute atomic E-state index is 0.129. The highest BCUT2D eigenvalue weighted by Gasteiger charge is 2.11. The number of benzene rings is 1. The van der Waals surface area contributed by atoms with Crippen molar-refractivity contribution in [2.24, 2.45) is 0 Å². The van der Waals surface area contributed by atoms with Gasteiger partial charge < -0.3 is 0 Å². The topological polar surface area (TPSA) is 59.1 Å². The van der Waals surface area contributed by atoms with Gasteiger partial charge in [-0.2, -0.15) is 0 Å². The van der Waals surface area contributed by atoms with Gasteiger partial charge in [0.15, 0.2) is 0 Å². The second-order valence-corrected chi connectivity index (χ2v) is 6.68. The van der Waals surface area contributed by atoms with Crippen LogP contribution in [0.25, 0.3) is 10.9 Å². The monoisotopic (exact) mass is 314 g/mol. The van der Waals surface area contributed by atoms with Gasteiger partial charge in [0.2, 0.25) is 10.0 Å². The summed E-state index contributed by atoms with van der Waals surface area (Å²) in [6.07, 6.45) is 1.69. The molecule has 0 aliphatic carbocycles. The number of anilines is 1. The Hall–Kier alpha value is -1.14. The summed E-state index contributed by atoms with van der Waals surface area (Å²) >= 11 is 2.94. The molecule has 4 nitrogen and oxygen atoms in total. The maximum Gasteiger partial charge on any atom is 0.242 e. The van der Waals surface area contributed by atoms with Crippen LogP contribution in [0.15, 0.2) is 30.5 Å². The zero-order valence-electron chi connectivity index (χ0n) is 9.14. The first-order valence-corrected chi connectivity index (χ1v) is 7.71. The molecule has 2 aromatic rings. The van der Waals surface area contributed by atoms with Crippen molar-refractivity contribution >= 4 is 42.5 Å². The van der Waals surface area contributed by atoms with Crippen LogP contribution in [0.5, 0.6) is 0 Å². The summed E-state index contributed by atoms with van der Waals surface area (Å²) in [6, 6.07) is 7.23. The third-order valence-electron chi connectivity index (χ3n) is 2.38. The molecule has 0 fully saturated rings. The van der Waals surface area contributed by atoms with E-state index in [1.807, 2.05) is 19.1 Å². The summed E-state index contributed by atoms with van der Waals surface area (Å²) in [4.78, 5) is 4.25. The lowest BCUT2D eigenvalue weighted by Crippen LogP contribution is -2.13. The van der Waals surface area contributed by atoms with E-state index < -0.39 is 10.0 Å². The van der Waals surface area contributed by atoms with Gasteiger partial charge in [0.05, 0.1) is 11.2 Å². The average Bonchev–Trinajstić information content (AvgIpc) is 2.33. The van der Waals surface area contributed by atoms with E-state index in [4.69, 9.17) is 0 Å². The third-order valence-corrected chi connectivity index (χ3v) is 5.01. The van der Waals surface area contributed by atoms with Crippen molar-refractivity contribution in [1.29, 1.82) is 0 Å². The molecule has 0 aliphatic rings. The Kier molecular flexibility index (Phi) is 3.35. The van der Waals surface area contributed by atoms with Crippen molar-refractivity contribution < 1.29 is 8.42 Å². The number of nitrogens with zero attached hydrogens (tertiary/aromatic N) is 1. The number of rotatable bonds is 3. The minimum Gasteiger partial charge on any atom is -0.282 e. The van der Waals surface area contributed by atoms with Crippen molar-refractivity contribution in [3.05, 3.63) is 36.0 Å². The van der Waals surface area contributed by atoms with E-state index in [0.29, 0.717) is 5.69 Å². The van der Waals surface area contributed by atoms with Crippen LogP contribution in [-0.4, -0.2) is 18.1 Å². The molecular weight excluding hydrogens is 304 g/mol. The van der Waals surface area contributed by atoms with Gasteiger partial charge in [0.25, 0.3) is 0 Å². The van der Waals surface area contributed by atoms with Gasteiger partial charge in [-0.05, 0) is 30.7 Å². The number of aryl methyl sites for hydroxylation is 1. The van der Waals surface area contributed by atoms with Gasteiger partial charge in [-0.1, -0.05) is 22.0 Å². The number of sulfonamides is 1. The predicted molar refractivity (Wildman–Crippen MR) is 72.8 cm³/mol. The standard InChI is InChI=1S/C11H11BrN2O2S/c1-8-4-5-10(14-17(15,16)7-12)9-3-2-6-13-11(8)9/h2-6,14H,7H2,1H3. The molecule has 1 N–H and O–H groups in total. The Labute approximate surface area is 108 Å². The normalized spacial score (nSPS) is 11.6. The molecule has 2 rings (SSSR count). The number of halogens is 1. The Balaban J connectivity index is 2.60. The summed E-state index contributed by atoms with van der Waals surface area (Å²) in [5.74, 6) is 0. The molecule has 0 radical (unpaired) electrons. The lowest BCUT2D eigenvalue weighted by atomic mass is 10.1. The molecule has 0 atom stereocenters. The molecule has 0 spiro atoms. The van der Waals surface area contributed by atoms with Crippen LogP contribution < -0.4 is 4.72 Å². The quantitative estimate of drug-likeness (QED) is 0.886. The Bertz CT molecular complexity index is 656. The minimum atomic E-state index is -3.34. The maximum absolute atomic E-state index is 11.5. The van der Waals surface area contributed by atoms with Crippen LogP contribution in [0.1, 0.15) is 5.56 Å². The summed E-state index contributed by atoms with van der Waals surface area (Å²) < 4.78 is 25.4. The Morgan fingerprint density at radius 3 is 2.82 bits per heavy atom. The largest absolute Gasteiger partial charge is 0.282 e. The molecule has 0 bridgehead atoms. The molecule has 6 heteroatoms. The number of fused-ring (bicyclic) bond motifs is 1. The van der Waals surface area contributed by atoms with Crippen molar-refractivity contribution in [1.82, 2.24) is 4.98 Å². The van der Waals surface area contributed by atoms with Crippen LogP contribution in [0, 0.1) is 6.92 Å². The number of alkyl halides is 1. The molecule has 90 valence electrons. The van der Waals surface area contributed by atoms with Crippen LogP contribution in [0.4, 0.5) is 5.69 Å². The summed E-state index contributed by atoms with van der Waals surface area (Å²) in [5, 5.41) is 0.803. The molecular formula is C11H11BrN2O2S. The second-order valence-electron chi connectivity index (χ2n) is 3.66. The van der Waals surface area contributed by atoms with Crippen molar-refractivity contribution in [3.8, 4) is 0 Å². The fourth-order valence-corrected chi connectivity index (χ4v) is 2.51. The molecule has 0 saturated carbocycles. The SMILES string of the molecule is Cc1ccc(NS(=O)(=O)CBr)c2cccnc12. The summed E-state index contributed by atoms with van der Waals surface area (Å²) in [6.45, 7) is 1.94. The van der Waals surface area contributed by atoms with Crippen LogP contribution >= 0.6 is 15.9 Å². The first kappa shape index (κ1) is 12.3. The van der Waals surface area contributed by atoms with Gasteiger partial charge in [0.1, 0.15) is 4.66 Å². The Morgan fingerprint density at radius 1 is 1.35 bits per heavy atom. The van der Waals surface area contributed by atoms with E-state index in [1.54, 1.807) is 18.3 Å². The van der Waals surface area contributed by atoms with Gasteiger partial charge in [0, 0.05) is 11.6 Å². The highest BCUT2D eigenvalue weighted by atomic mass is 79.9. The summed E-state index contributed by atoms with van der Waals surface area (Å²) in [5.41, 5.74) is 2.38. The molecule has 0 aliphatic heterocycles. The average molecular weight is 315 g/mol. The molecule has 1 aromatic carbocycles. The van der Waals surface area contributed by atoms with Gasteiger partial charge in [-0.3, -0.25) is 9.71 Å². The van der Waals surface area contributed by atoms with Crippen LogP contribution in [0.3, 0.4) is 0 Å². The van der Waals surface area contributed by atoms with E-state index in [9.17, 15) is 8.42 Å². The number of aromatic nitrogens is 1. The molecule has 17 heavy (non-hydrogen) atoms. The first-order chi connectivity index (χ1) is 8.03. The lowest BCUT2D eigenvalue weighted by Gasteiger charge is -2.09. The highest BCUT2D eigenvalue weighted by Crippen LogP contribution is 2.25. The molecule has 1 heterocycles.